The van der Waals surface area contributed by atoms with Crippen molar-refractivity contribution in [1.82, 2.24) is 4.90 Å². The smallest absolute Gasteiger partial charge is 0.329 e. The standard InChI is InChI=1S/C12H17NO2/c14-12(15)3-4-13-6-10-8-1-2-9(5-8)11(10)7-13/h3-4,8-11H,1-2,5-7H2,(H,14,15)/b4-3+. The first-order valence-electron chi connectivity index (χ1n) is 5.89. The Balaban J connectivity index is 1.67. The molecule has 3 rings (SSSR count). The number of aliphatic carboxylic acids is 1. The van der Waals surface area contributed by atoms with Gasteiger partial charge in [-0.05, 0) is 42.9 Å². The predicted molar refractivity (Wildman–Crippen MR) is 56.2 cm³/mol. The van der Waals surface area contributed by atoms with Crippen LogP contribution in [0.5, 0.6) is 0 Å². The van der Waals surface area contributed by atoms with Crippen molar-refractivity contribution in [3.8, 4) is 0 Å². The van der Waals surface area contributed by atoms with E-state index in [4.69, 9.17) is 5.11 Å². The van der Waals surface area contributed by atoms with E-state index in [2.05, 4.69) is 4.90 Å². The van der Waals surface area contributed by atoms with Gasteiger partial charge in [-0.25, -0.2) is 4.79 Å². The minimum atomic E-state index is -0.838. The normalized spacial score (nSPS) is 42.8. The van der Waals surface area contributed by atoms with Crippen LogP contribution in [0, 0.1) is 23.7 Å². The van der Waals surface area contributed by atoms with E-state index in [1.807, 2.05) is 0 Å². The lowest BCUT2D eigenvalue weighted by atomic mass is 9.82. The fourth-order valence-corrected chi connectivity index (χ4v) is 4.01. The van der Waals surface area contributed by atoms with Crippen molar-refractivity contribution in [2.24, 2.45) is 23.7 Å². The van der Waals surface area contributed by atoms with Crippen LogP contribution in [0.4, 0.5) is 0 Å². The second-order valence-corrected chi connectivity index (χ2v) is 5.27. The molecule has 4 atom stereocenters. The third kappa shape index (κ3) is 1.45. The van der Waals surface area contributed by atoms with Gasteiger partial charge in [0.2, 0.25) is 0 Å². The van der Waals surface area contributed by atoms with E-state index in [0.717, 1.165) is 36.8 Å². The number of rotatable bonds is 2. The van der Waals surface area contributed by atoms with Crippen LogP contribution in [-0.4, -0.2) is 29.1 Å². The van der Waals surface area contributed by atoms with Gasteiger partial charge in [0, 0.05) is 25.4 Å². The topological polar surface area (TPSA) is 40.5 Å². The monoisotopic (exact) mass is 207 g/mol. The average Bonchev–Trinajstić information content (AvgIpc) is 2.86. The molecule has 1 N–H and O–H groups in total. The number of nitrogens with zero attached hydrogens (tertiary/aromatic N) is 1. The molecule has 3 aliphatic rings. The number of hydrogen-bond donors (Lipinski definition) is 1. The van der Waals surface area contributed by atoms with Gasteiger partial charge >= 0.3 is 5.97 Å². The molecule has 1 aliphatic heterocycles. The summed E-state index contributed by atoms with van der Waals surface area (Å²) in [5, 5.41) is 8.58. The van der Waals surface area contributed by atoms with E-state index in [-0.39, 0.29) is 0 Å². The van der Waals surface area contributed by atoms with Gasteiger partial charge in [0.05, 0.1) is 0 Å². The number of likely N-dealkylation sites (tertiary alicyclic amines) is 1. The Bertz CT molecular complexity index is 295. The van der Waals surface area contributed by atoms with Crippen molar-refractivity contribution < 1.29 is 9.90 Å². The third-order valence-electron chi connectivity index (χ3n) is 4.59. The van der Waals surface area contributed by atoms with Crippen molar-refractivity contribution >= 4 is 5.97 Å². The molecule has 0 spiro atoms. The maximum absolute atomic E-state index is 10.4. The number of carboxylic acids is 1. The first kappa shape index (κ1) is 9.25. The van der Waals surface area contributed by atoms with Crippen molar-refractivity contribution in [3.05, 3.63) is 12.3 Å². The molecule has 3 nitrogen and oxygen atoms in total. The van der Waals surface area contributed by atoms with Crippen LogP contribution in [0.15, 0.2) is 12.3 Å². The Kier molecular flexibility index (Phi) is 2.01. The maximum Gasteiger partial charge on any atom is 0.329 e. The van der Waals surface area contributed by atoms with E-state index in [0.29, 0.717) is 0 Å². The maximum atomic E-state index is 10.4. The lowest BCUT2D eigenvalue weighted by Crippen LogP contribution is -2.19. The van der Waals surface area contributed by atoms with Gasteiger partial charge in [0.1, 0.15) is 0 Å². The number of hydrogen-bond acceptors (Lipinski definition) is 2. The molecule has 0 aromatic rings. The highest BCUT2D eigenvalue weighted by Crippen LogP contribution is 2.55. The lowest BCUT2D eigenvalue weighted by Gasteiger charge is -2.22. The largest absolute Gasteiger partial charge is 0.478 e. The van der Waals surface area contributed by atoms with Crippen LogP contribution in [-0.2, 0) is 4.79 Å². The molecule has 4 unspecified atom stereocenters. The second kappa shape index (κ2) is 3.26. The highest BCUT2D eigenvalue weighted by molar-refractivity contribution is 5.79. The third-order valence-corrected chi connectivity index (χ3v) is 4.59. The number of carboxylic acid groups (broad SMARTS) is 1. The summed E-state index contributed by atoms with van der Waals surface area (Å²) < 4.78 is 0. The van der Waals surface area contributed by atoms with E-state index < -0.39 is 5.97 Å². The zero-order valence-corrected chi connectivity index (χ0v) is 8.80. The zero-order valence-electron chi connectivity index (χ0n) is 8.80. The summed E-state index contributed by atoms with van der Waals surface area (Å²) in [7, 11) is 0. The van der Waals surface area contributed by atoms with E-state index in [1.165, 1.54) is 25.3 Å². The zero-order chi connectivity index (χ0) is 10.4. The molecular weight excluding hydrogens is 190 g/mol. The number of carbonyl (C=O) groups is 1. The summed E-state index contributed by atoms with van der Waals surface area (Å²) in [5.41, 5.74) is 0. The van der Waals surface area contributed by atoms with Crippen LogP contribution in [0.2, 0.25) is 0 Å². The Morgan fingerprint density at radius 2 is 1.80 bits per heavy atom. The molecule has 0 aromatic carbocycles. The Morgan fingerprint density at radius 3 is 2.33 bits per heavy atom. The summed E-state index contributed by atoms with van der Waals surface area (Å²) in [6, 6.07) is 0. The highest BCUT2D eigenvalue weighted by Gasteiger charge is 2.50. The van der Waals surface area contributed by atoms with Gasteiger partial charge in [0.15, 0.2) is 0 Å². The summed E-state index contributed by atoms with van der Waals surface area (Å²) in [6.45, 7) is 2.19. The molecule has 3 heteroatoms. The summed E-state index contributed by atoms with van der Waals surface area (Å²) in [4.78, 5) is 12.6. The molecule has 0 amide bonds. The second-order valence-electron chi connectivity index (χ2n) is 5.27. The predicted octanol–water partition coefficient (Wildman–Crippen LogP) is 1.56. The first-order chi connectivity index (χ1) is 7.24. The van der Waals surface area contributed by atoms with Crippen LogP contribution in [0.1, 0.15) is 19.3 Å². The molecule has 82 valence electrons. The van der Waals surface area contributed by atoms with Gasteiger partial charge in [-0.2, -0.15) is 0 Å². The molecule has 0 aromatic heterocycles. The van der Waals surface area contributed by atoms with E-state index in [1.54, 1.807) is 6.20 Å². The summed E-state index contributed by atoms with van der Waals surface area (Å²) >= 11 is 0. The highest BCUT2D eigenvalue weighted by atomic mass is 16.4. The fraction of sp³-hybridized carbons (Fsp3) is 0.750. The van der Waals surface area contributed by atoms with Gasteiger partial charge in [-0.1, -0.05) is 0 Å². The Hall–Kier alpha value is -0.990. The molecule has 1 heterocycles. The number of fused-ring (bicyclic) bond motifs is 5. The molecular formula is C12H17NO2. The minimum absolute atomic E-state index is 0.838. The molecule has 2 saturated carbocycles. The van der Waals surface area contributed by atoms with Crippen LogP contribution >= 0.6 is 0 Å². The van der Waals surface area contributed by atoms with Gasteiger partial charge < -0.3 is 10.0 Å². The Morgan fingerprint density at radius 1 is 1.20 bits per heavy atom. The van der Waals surface area contributed by atoms with Crippen molar-refractivity contribution in [2.45, 2.75) is 19.3 Å². The average molecular weight is 207 g/mol. The fourth-order valence-electron chi connectivity index (χ4n) is 4.01. The van der Waals surface area contributed by atoms with Crippen LogP contribution in [0.25, 0.3) is 0 Å². The molecule has 3 fully saturated rings. The van der Waals surface area contributed by atoms with Gasteiger partial charge in [-0.3, -0.25) is 0 Å². The van der Waals surface area contributed by atoms with Crippen molar-refractivity contribution in [3.63, 3.8) is 0 Å². The van der Waals surface area contributed by atoms with Crippen molar-refractivity contribution in [1.29, 1.82) is 0 Å². The lowest BCUT2D eigenvalue weighted by molar-refractivity contribution is -0.131. The van der Waals surface area contributed by atoms with Crippen LogP contribution < -0.4 is 0 Å². The quantitative estimate of drug-likeness (QED) is 0.699. The SMILES string of the molecule is O=C(O)/C=C/N1CC2C3CCC(C3)C2C1. The minimum Gasteiger partial charge on any atom is -0.478 e. The Labute approximate surface area is 89.8 Å². The summed E-state index contributed by atoms with van der Waals surface area (Å²) in [6.07, 6.45) is 7.32. The molecule has 2 aliphatic carbocycles. The molecule has 2 bridgehead atoms. The first-order valence-corrected chi connectivity index (χ1v) is 5.89. The van der Waals surface area contributed by atoms with Gasteiger partial charge in [0.25, 0.3) is 0 Å². The molecule has 0 radical (unpaired) electrons. The van der Waals surface area contributed by atoms with Crippen LogP contribution in [0.3, 0.4) is 0 Å². The molecule has 1 saturated heterocycles. The van der Waals surface area contributed by atoms with Crippen molar-refractivity contribution in [2.75, 3.05) is 13.1 Å². The van der Waals surface area contributed by atoms with Gasteiger partial charge in [-0.15, -0.1) is 0 Å². The molecule has 15 heavy (non-hydrogen) atoms. The summed E-state index contributed by atoms with van der Waals surface area (Å²) in [5.74, 6) is 2.78. The van der Waals surface area contributed by atoms with E-state index >= 15 is 0 Å². The van der Waals surface area contributed by atoms with E-state index in [9.17, 15) is 4.79 Å².